The molecule has 0 amide bonds. The normalized spacial score (nSPS) is 20.4. The van der Waals surface area contributed by atoms with Crippen LogP contribution in [0.4, 0.5) is 13.2 Å². The Morgan fingerprint density at radius 2 is 1.77 bits per heavy atom. The average molecular weight is 339 g/mol. The summed E-state index contributed by atoms with van der Waals surface area (Å²) in [6, 6.07) is 0. The van der Waals surface area contributed by atoms with Gasteiger partial charge in [-0.1, -0.05) is 19.9 Å². The molecule has 0 aromatic heterocycles. The van der Waals surface area contributed by atoms with E-state index in [2.05, 4.69) is 4.99 Å². The zero-order valence-electron chi connectivity index (χ0n) is 12.7. The molecule has 1 fully saturated rings. The lowest BCUT2D eigenvalue weighted by Gasteiger charge is -2.27. The zero-order chi connectivity index (χ0) is 17.1. The van der Waals surface area contributed by atoms with Gasteiger partial charge in [0.25, 0.3) is 0 Å². The average Bonchev–Trinajstić information content (AvgIpc) is 2.36. The Labute approximate surface area is 128 Å². The second-order valence-corrected chi connectivity index (χ2v) is 7.62. The third-order valence-electron chi connectivity index (χ3n) is 3.34. The predicted octanol–water partition coefficient (Wildman–Crippen LogP) is 2.26. The maximum Gasteiger partial charge on any atom is 0.433 e. The first kappa shape index (κ1) is 18.7. The fourth-order valence-corrected chi connectivity index (χ4v) is 3.34. The first-order chi connectivity index (χ1) is 9.98. The van der Waals surface area contributed by atoms with Crippen molar-refractivity contribution in [3.8, 4) is 0 Å². The molecule has 1 aliphatic rings. The number of nitrogens with one attached hydrogen (secondary N) is 1. The monoisotopic (exact) mass is 339 g/mol. The molecule has 0 spiro atoms. The molecule has 0 bridgehead atoms. The Balaban J connectivity index is 3.05. The van der Waals surface area contributed by atoms with Gasteiger partial charge < -0.3 is 4.90 Å². The Hall–Kier alpha value is -1.38. The number of allylic oxidation sites excluding steroid dienone is 2. The molecule has 1 heterocycles. The Morgan fingerprint density at radius 1 is 1.27 bits per heavy atom. The number of halogens is 3. The lowest BCUT2D eigenvalue weighted by Crippen LogP contribution is -2.43. The van der Waals surface area contributed by atoms with Gasteiger partial charge in [-0.2, -0.15) is 13.2 Å². The Morgan fingerprint density at radius 3 is 2.14 bits per heavy atom. The third-order valence-corrected chi connectivity index (χ3v) is 4.95. The summed E-state index contributed by atoms with van der Waals surface area (Å²) in [5.74, 6) is -1.29. The molecule has 22 heavy (non-hydrogen) atoms. The number of aliphatic imine (C=N–C) groups is 1. The van der Waals surface area contributed by atoms with Crippen LogP contribution < -0.4 is 0 Å². The highest BCUT2D eigenvalue weighted by molar-refractivity contribution is 7.91. The van der Waals surface area contributed by atoms with Crippen molar-refractivity contribution in [3.05, 3.63) is 11.6 Å². The summed E-state index contributed by atoms with van der Waals surface area (Å²) >= 11 is 0. The minimum atomic E-state index is -4.67. The van der Waals surface area contributed by atoms with Crippen molar-refractivity contribution in [1.29, 1.82) is 5.41 Å². The van der Waals surface area contributed by atoms with Crippen molar-refractivity contribution < 1.29 is 21.6 Å². The first-order valence-electron chi connectivity index (χ1n) is 6.84. The third kappa shape index (κ3) is 4.82. The highest BCUT2D eigenvalue weighted by Gasteiger charge is 2.39. The van der Waals surface area contributed by atoms with Crippen LogP contribution in [-0.2, 0) is 9.84 Å². The molecule has 1 N–H and O–H groups in total. The van der Waals surface area contributed by atoms with E-state index >= 15 is 0 Å². The van der Waals surface area contributed by atoms with E-state index in [1.54, 1.807) is 13.8 Å². The fourth-order valence-electron chi connectivity index (χ4n) is 2.14. The van der Waals surface area contributed by atoms with Crippen LogP contribution in [0.3, 0.4) is 0 Å². The van der Waals surface area contributed by atoms with E-state index < -0.39 is 27.7 Å². The van der Waals surface area contributed by atoms with Gasteiger partial charge in [0.2, 0.25) is 5.96 Å². The molecule has 126 valence electrons. The molecule has 1 rings (SSSR count). The number of guanidine groups is 1. The van der Waals surface area contributed by atoms with Crippen LogP contribution in [0.5, 0.6) is 0 Å². The van der Waals surface area contributed by atoms with E-state index in [0.29, 0.717) is 0 Å². The van der Waals surface area contributed by atoms with Crippen molar-refractivity contribution in [3.63, 3.8) is 0 Å². The standard InChI is InChI=1S/C13H20F3N3O2S/c1-4-10(9(2)3)11(13(14,15)16)18-12(17)19-5-7-22(20,21)8-6-19/h4,9,17H,5-8H2,1-3H3/b10-4-,17-12?,18-11+. The van der Waals surface area contributed by atoms with Crippen LogP contribution in [-0.4, -0.2) is 55.8 Å². The van der Waals surface area contributed by atoms with E-state index in [-0.39, 0.29) is 36.1 Å². The van der Waals surface area contributed by atoms with Gasteiger partial charge in [-0.15, -0.1) is 0 Å². The van der Waals surface area contributed by atoms with Gasteiger partial charge in [-0.05, 0) is 18.4 Å². The summed E-state index contributed by atoms with van der Waals surface area (Å²) in [4.78, 5) is 4.70. The summed E-state index contributed by atoms with van der Waals surface area (Å²) in [5.41, 5.74) is -1.08. The van der Waals surface area contributed by atoms with Crippen LogP contribution in [0.2, 0.25) is 0 Å². The zero-order valence-corrected chi connectivity index (χ0v) is 13.6. The number of hydrogen-bond acceptors (Lipinski definition) is 3. The number of rotatable bonds is 2. The lowest BCUT2D eigenvalue weighted by atomic mass is 9.97. The van der Waals surface area contributed by atoms with Gasteiger partial charge in [0.15, 0.2) is 15.5 Å². The highest BCUT2D eigenvalue weighted by atomic mass is 32.2. The summed E-state index contributed by atoms with van der Waals surface area (Å²) in [6.45, 7) is 4.71. The molecule has 1 saturated heterocycles. The first-order valence-corrected chi connectivity index (χ1v) is 8.66. The second kappa shape index (κ2) is 6.80. The predicted molar refractivity (Wildman–Crippen MR) is 80.0 cm³/mol. The van der Waals surface area contributed by atoms with E-state index in [1.807, 2.05) is 0 Å². The molecule has 0 saturated carbocycles. The lowest BCUT2D eigenvalue weighted by molar-refractivity contribution is -0.0585. The summed E-state index contributed by atoms with van der Waals surface area (Å²) in [5, 5.41) is 7.75. The van der Waals surface area contributed by atoms with Gasteiger partial charge in [0.05, 0.1) is 11.5 Å². The summed E-state index contributed by atoms with van der Waals surface area (Å²) in [6.07, 6.45) is -3.33. The van der Waals surface area contributed by atoms with E-state index in [4.69, 9.17) is 5.41 Å². The molecular weight excluding hydrogens is 319 g/mol. The molecule has 1 aliphatic heterocycles. The molecule has 0 radical (unpaired) electrons. The number of hydrogen-bond donors (Lipinski definition) is 1. The number of nitrogens with zero attached hydrogens (tertiary/aromatic N) is 2. The molecule has 9 heteroatoms. The van der Waals surface area contributed by atoms with Crippen LogP contribution in [0, 0.1) is 11.3 Å². The topological polar surface area (TPSA) is 73.6 Å². The Bertz CT molecular complexity index is 578. The highest BCUT2D eigenvalue weighted by Crippen LogP contribution is 2.26. The van der Waals surface area contributed by atoms with Crippen molar-refractivity contribution in [2.75, 3.05) is 24.6 Å². The van der Waals surface area contributed by atoms with Crippen molar-refractivity contribution in [2.24, 2.45) is 10.9 Å². The van der Waals surface area contributed by atoms with Crippen molar-refractivity contribution in [1.82, 2.24) is 4.90 Å². The van der Waals surface area contributed by atoms with Gasteiger partial charge in [0.1, 0.15) is 0 Å². The van der Waals surface area contributed by atoms with E-state index in [9.17, 15) is 21.6 Å². The maximum atomic E-state index is 13.2. The quantitative estimate of drug-likeness (QED) is 0.619. The van der Waals surface area contributed by atoms with Crippen molar-refractivity contribution >= 4 is 21.5 Å². The fraction of sp³-hybridized carbons (Fsp3) is 0.692. The second-order valence-electron chi connectivity index (χ2n) is 5.32. The summed E-state index contributed by atoms with van der Waals surface area (Å²) < 4.78 is 62.2. The largest absolute Gasteiger partial charge is 0.433 e. The van der Waals surface area contributed by atoms with Gasteiger partial charge in [-0.25, -0.2) is 13.4 Å². The number of sulfone groups is 1. The van der Waals surface area contributed by atoms with Gasteiger partial charge in [-0.3, -0.25) is 5.41 Å². The SMILES string of the molecule is C/C=C(\C(=N/C(=N)N1CCS(=O)(=O)CC1)C(F)(F)F)C(C)C. The minimum Gasteiger partial charge on any atom is -0.339 e. The van der Waals surface area contributed by atoms with Gasteiger partial charge >= 0.3 is 6.18 Å². The molecule has 0 aliphatic carbocycles. The van der Waals surface area contributed by atoms with Crippen LogP contribution in [0.15, 0.2) is 16.6 Å². The van der Waals surface area contributed by atoms with E-state index in [1.165, 1.54) is 17.9 Å². The molecule has 5 nitrogen and oxygen atoms in total. The number of alkyl halides is 3. The van der Waals surface area contributed by atoms with Crippen LogP contribution >= 0.6 is 0 Å². The molecule has 0 aromatic carbocycles. The van der Waals surface area contributed by atoms with Crippen LogP contribution in [0.25, 0.3) is 0 Å². The smallest absolute Gasteiger partial charge is 0.339 e. The van der Waals surface area contributed by atoms with E-state index in [0.717, 1.165) is 0 Å². The molecular formula is C13H20F3N3O2S. The van der Waals surface area contributed by atoms with Gasteiger partial charge in [0, 0.05) is 13.1 Å². The minimum absolute atomic E-state index is 0.0113. The molecule has 0 unspecified atom stereocenters. The molecule has 0 atom stereocenters. The Kier molecular flexibility index (Phi) is 5.77. The van der Waals surface area contributed by atoms with Crippen molar-refractivity contribution in [2.45, 2.75) is 26.9 Å². The molecule has 0 aromatic rings. The maximum absolute atomic E-state index is 13.2. The van der Waals surface area contributed by atoms with Crippen LogP contribution in [0.1, 0.15) is 20.8 Å². The summed E-state index contributed by atoms with van der Waals surface area (Å²) in [7, 11) is -3.16.